The number of hydrogen-bond donors (Lipinski definition) is 2. The fourth-order valence-corrected chi connectivity index (χ4v) is 1.98. The summed E-state index contributed by atoms with van der Waals surface area (Å²) >= 11 is 2.94. The second kappa shape index (κ2) is 7.68. The van der Waals surface area contributed by atoms with Crippen LogP contribution in [0.1, 0.15) is 5.56 Å². The van der Waals surface area contributed by atoms with E-state index in [-0.39, 0.29) is 10.2 Å². The van der Waals surface area contributed by atoms with E-state index in [0.29, 0.717) is 5.56 Å². The number of phenolic OH excluding ortho intramolecular Hbond substituents is 1. The van der Waals surface area contributed by atoms with Gasteiger partial charge in [-0.25, -0.2) is 14.2 Å². The monoisotopic (exact) mass is 384 g/mol. The number of halogens is 3. The molecule has 0 aromatic heterocycles. The van der Waals surface area contributed by atoms with Crippen molar-refractivity contribution in [3.63, 3.8) is 0 Å². The second-order valence-corrected chi connectivity index (χ2v) is 5.29. The summed E-state index contributed by atoms with van der Waals surface area (Å²) in [6.07, 6.45) is 1.35. The standard InChI is InChI=1S/C15H11BrF2N2O3/c16-10-5-12(17)15(13(18)6-10)23-8-14(22)20-19-7-9-1-3-11(21)4-2-9/h1-7,21H,8H2,(H,20,22)/b19-7+. The summed E-state index contributed by atoms with van der Waals surface area (Å²) in [5.74, 6) is -3.04. The average Bonchev–Trinajstić information content (AvgIpc) is 2.48. The summed E-state index contributed by atoms with van der Waals surface area (Å²) in [7, 11) is 0. The van der Waals surface area contributed by atoms with E-state index in [9.17, 15) is 13.6 Å². The zero-order chi connectivity index (χ0) is 16.8. The molecule has 2 rings (SSSR count). The summed E-state index contributed by atoms with van der Waals surface area (Å²) < 4.78 is 32.0. The molecule has 0 radical (unpaired) electrons. The van der Waals surface area contributed by atoms with Gasteiger partial charge in [0, 0.05) is 4.47 Å². The Morgan fingerprint density at radius 3 is 2.48 bits per heavy atom. The molecule has 0 aliphatic rings. The maximum Gasteiger partial charge on any atom is 0.277 e. The zero-order valence-corrected chi connectivity index (χ0v) is 13.2. The molecule has 0 bridgehead atoms. The van der Waals surface area contributed by atoms with Crippen LogP contribution in [0, 0.1) is 11.6 Å². The number of nitrogens with one attached hydrogen (secondary N) is 1. The van der Waals surface area contributed by atoms with E-state index in [1.54, 1.807) is 12.1 Å². The third kappa shape index (κ3) is 5.03. The number of hydrogen-bond acceptors (Lipinski definition) is 4. The normalized spacial score (nSPS) is 10.7. The third-order valence-electron chi connectivity index (χ3n) is 2.61. The van der Waals surface area contributed by atoms with Crippen LogP contribution >= 0.6 is 15.9 Å². The van der Waals surface area contributed by atoms with Crippen LogP contribution in [0.5, 0.6) is 11.5 Å². The Hall–Kier alpha value is -2.48. The van der Waals surface area contributed by atoms with Gasteiger partial charge in [-0.05, 0) is 42.0 Å². The van der Waals surface area contributed by atoms with Crippen molar-refractivity contribution in [1.29, 1.82) is 0 Å². The van der Waals surface area contributed by atoms with Gasteiger partial charge in [-0.15, -0.1) is 0 Å². The van der Waals surface area contributed by atoms with Gasteiger partial charge in [0.15, 0.2) is 24.0 Å². The lowest BCUT2D eigenvalue weighted by Gasteiger charge is -2.07. The van der Waals surface area contributed by atoms with E-state index < -0.39 is 29.9 Å². The SMILES string of the molecule is O=C(COc1c(F)cc(Br)cc1F)N/N=C/c1ccc(O)cc1. The second-order valence-electron chi connectivity index (χ2n) is 4.37. The highest BCUT2D eigenvalue weighted by Gasteiger charge is 2.13. The molecular weight excluding hydrogens is 374 g/mol. The number of nitrogens with zero attached hydrogens (tertiary/aromatic N) is 1. The Morgan fingerprint density at radius 1 is 1.26 bits per heavy atom. The molecule has 0 saturated carbocycles. The van der Waals surface area contributed by atoms with Gasteiger partial charge in [-0.1, -0.05) is 15.9 Å². The lowest BCUT2D eigenvalue weighted by molar-refractivity contribution is -0.123. The van der Waals surface area contributed by atoms with E-state index >= 15 is 0 Å². The molecule has 0 aliphatic heterocycles. The predicted molar refractivity (Wildman–Crippen MR) is 83.4 cm³/mol. The Kier molecular flexibility index (Phi) is 5.64. The molecule has 2 N–H and O–H groups in total. The van der Waals surface area contributed by atoms with Crippen molar-refractivity contribution in [3.8, 4) is 11.5 Å². The van der Waals surface area contributed by atoms with Gasteiger partial charge in [-0.3, -0.25) is 4.79 Å². The summed E-state index contributed by atoms with van der Waals surface area (Å²) in [5.41, 5.74) is 2.80. The number of carbonyl (C=O) groups is 1. The molecule has 2 aromatic rings. The van der Waals surface area contributed by atoms with E-state index in [1.807, 2.05) is 0 Å². The molecule has 5 nitrogen and oxygen atoms in total. The van der Waals surface area contributed by atoms with Crippen molar-refractivity contribution in [2.24, 2.45) is 5.10 Å². The van der Waals surface area contributed by atoms with Gasteiger partial charge in [0.25, 0.3) is 5.91 Å². The number of carbonyl (C=O) groups excluding carboxylic acids is 1. The summed E-state index contributed by atoms with van der Waals surface area (Å²) in [6, 6.07) is 8.16. The quantitative estimate of drug-likeness (QED) is 0.614. The van der Waals surface area contributed by atoms with Crippen LogP contribution in [0.15, 0.2) is 46.0 Å². The molecule has 0 heterocycles. The number of hydrazone groups is 1. The molecule has 120 valence electrons. The topological polar surface area (TPSA) is 70.9 Å². The van der Waals surface area contributed by atoms with Gasteiger partial charge < -0.3 is 9.84 Å². The number of rotatable bonds is 5. The highest BCUT2D eigenvalue weighted by atomic mass is 79.9. The van der Waals surface area contributed by atoms with Crippen molar-refractivity contribution in [2.45, 2.75) is 0 Å². The van der Waals surface area contributed by atoms with Crippen LogP contribution in [-0.4, -0.2) is 23.8 Å². The molecule has 23 heavy (non-hydrogen) atoms. The van der Waals surface area contributed by atoms with Crippen molar-refractivity contribution < 1.29 is 23.4 Å². The van der Waals surface area contributed by atoms with Gasteiger partial charge in [-0.2, -0.15) is 5.10 Å². The van der Waals surface area contributed by atoms with Gasteiger partial charge in [0.2, 0.25) is 0 Å². The first-order valence-electron chi connectivity index (χ1n) is 6.34. The van der Waals surface area contributed by atoms with Crippen LogP contribution in [-0.2, 0) is 4.79 Å². The fourth-order valence-electron chi connectivity index (χ4n) is 1.58. The predicted octanol–water partition coefficient (Wildman–Crippen LogP) is 2.96. The van der Waals surface area contributed by atoms with Crippen molar-refractivity contribution in [2.75, 3.05) is 6.61 Å². The smallest absolute Gasteiger partial charge is 0.277 e. The minimum absolute atomic E-state index is 0.109. The van der Waals surface area contributed by atoms with Crippen LogP contribution in [0.25, 0.3) is 0 Å². The van der Waals surface area contributed by atoms with Crippen LogP contribution in [0.3, 0.4) is 0 Å². The minimum Gasteiger partial charge on any atom is -0.508 e. The maximum absolute atomic E-state index is 13.5. The van der Waals surface area contributed by atoms with Gasteiger partial charge >= 0.3 is 0 Å². The lowest BCUT2D eigenvalue weighted by Crippen LogP contribution is -2.25. The van der Waals surface area contributed by atoms with E-state index in [2.05, 4.69) is 26.5 Å². The summed E-state index contributed by atoms with van der Waals surface area (Å²) in [4.78, 5) is 11.5. The molecule has 0 spiro atoms. The van der Waals surface area contributed by atoms with Crippen LogP contribution < -0.4 is 10.2 Å². The number of ether oxygens (including phenoxy) is 1. The Balaban J connectivity index is 1.87. The molecule has 0 fully saturated rings. The van der Waals surface area contributed by atoms with Crippen molar-refractivity contribution in [1.82, 2.24) is 5.43 Å². The molecular formula is C15H11BrF2N2O3. The first-order chi connectivity index (χ1) is 11.0. The fraction of sp³-hybridized carbons (Fsp3) is 0.0667. The number of amides is 1. The Labute approximate surface area is 138 Å². The number of aromatic hydroxyl groups is 1. The third-order valence-corrected chi connectivity index (χ3v) is 3.06. The minimum atomic E-state index is -0.919. The largest absolute Gasteiger partial charge is 0.508 e. The number of benzene rings is 2. The Morgan fingerprint density at radius 2 is 1.87 bits per heavy atom. The summed E-state index contributed by atoms with van der Waals surface area (Å²) in [6.45, 7) is -0.595. The van der Waals surface area contributed by atoms with Crippen LogP contribution in [0.4, 0.5) is 8.78 Å². The number of phenols is 1. The molecule has 0 atom stereocenters. The van der Waals surface area contributed by atoms with Gasteiger partial charge in [0.05, 0.1) is 6.21 Å². The van der Waals surface area contributed by atoms with E-state index in [4.69, 9.17) is 9.84 Å². The van der Waals surface area contributed by atoms with Crippen LogP contribution in [0.2, 0.25) is 0 Å². The Bertz CT molecular complexity index is 713. The highest BCUT2D eigenvalue weighted by Crippen LogP contribution is 2.25. The van der Waals surface area contributed by atoms with Crippen molar-refractivity contribution in [3.05, 3.63) is 58.1 Å². The maximum atomic E-state index is 13.5. The molecule has 0 aliphatic carbocycles. The van der Waals surface area contributed by atoms with E-state index in [1.165, 1.54) is 18.3 Å². The molecule has 0 saturated heterocycles. The lowest BCUT2D eigenvalue weighted by atomic mass is 10.2. The first-order valence-corrected chi connectivity index (χ1v) is 7.13. The molecule has 0 unspecified atom stereocenters. The first kappa shape index (κ1) is 16.9. The highest BCUT2D eigenvalue weighted by molar-refractivity contribution is 9.10. The average molecular weight is 385 g/mol. The molecule has 8 heteroatoms. The molecule has 1 amide bonds. The van der Waals surface area contributed by atoms with Crippen molar-refractivity contribution >= 4 is 28.1 Å². The summed E-state index contributed by atoms with van der Waals surface area (Å²) in [5, 5.41) is 12.8. The molecule has 2 aromatic carbocycles. The van der Waals surface area contributed by atoms with E-state index in [0.717, 1.165) is 12.1 Å². The van der Waals surface area contributed by atoms with Gasteiger partial charge in [0.1, 0.15) is 5.75 Å². The zero-order valence-electron chi connectivity index (χ0n) is 11.6.